The van der Waals surface area contributed by atoms with Crippen LogP contribution in [0.25, 0.3) is 0 Å². The number of thiophene rings is 1. The average Bonchev–Trinajstić information content (AvgIpc) is 3.41. The van der Waals surface area contributed by atoms with Crippen LogP contribution in [0.2, 0.25) is 0 Å². The lowest BCUT2D eigenvalue weighted by molar-refractivity contribution is -0.133. The van der Waals surface area contributed by atoms with Gasteiger partial charge in [-0.2, -0.15) is 4.31 Å². The molecule has 4 rings (SSSR count). The van der Waals surface area contributed by atoms with Crippen molar-refractivity contribution in [1.82, 2.24) is 9.21 Å². The van der Waals surface area contributed by atoms with Gasteiger partial charge in [-0.3, -0.25) is 4.79 Å². The molecule has 1 aromatic carbocycles. The Kier molecular flexibility index (Phi) is 5.09. The number of hydrogen-bond donors (Lipinski definition) is 0. The molecular formula is C20H24N2O3S2. The molecule has 0 bridgehead atoms. The van der Waals surface area contributed by atoms with Crippen molar-refractivity contribution in [2.24, 2.45) is 0 Å². The molecule has 1 aliphatic carbocycles. The molecule has 5 nitrogen and oxygen atoms in total. The Balaban J connectivity index is 1.64. The second kappa shape index (κ2) is 7.37. The second-order valence-electron chi connectivity index (χ2n) is 7.13. The predicted molar refractivity (Wildman–Crippen MR) is 107 cm³/mol. The molecule has 1 saturated carbocycles. The van der Waals surface area contributed by atoms with Crippen LogP contribution in [0.5, 0.6) is 0 Å². The number of fused-ring (bicyclic) bond motifs is 1. The molecule has 2 aromatic rings. The Morgan fingerprint density at radius 2 is 1.96 bits per heavy atom. The number of nitrogens with zero attached hydrogens (tertiary/aromatic N) is 2. The average molecular weight is 405 g/mol. The van der Waals surface area contributed by atoms with Gasteiger partial charge in [-0.1, -0.05) is 30.3 Å². The fourth-order valence-electron chi connectivity index (χ4n) is 3.79. The molecule has 1 amide bonds. The second-order valence-corrected chi connectivity index (χ2v) is 10.3. The smallest absolute Gasteiger partial charge is 0.238 e. The van der Waals surface area contributed by atoms with Gasteiger partial charge >= 0.3 is 0 Å². The summed E-state index contributed by atoms with van der Waals surface area (Å²) in [5.41, 5.74) is 2.24. The zero-order valence-electron chi connectivity index (χ0n) is 15.4. The molecule has 0 N–H and O–H groups in total. The van der Waals surface area contributed by atoms with Gasteiger partial charge in [0.1, 0.15) is 0 Å². The monoisotopic (exact) mass is 404 g/mol. The first-order valence-electron chi connectivity index (χ1n) is 9.41. The summed E-state index contributed by atoms with van der Waals surface area (Å²) in [5, 5.41) is 2.08. The zero-order valence-corrected chi connectivity index (χ0v) is 17.0. The zero-order chi connectivity index (χ0) is 19.0. The Morgan fingerprint density at radius 3 is 2.63 bits per heavy atom. The first kappa shape index (κ1) is 18.7. The van der Waals surface area contributed by atoms with Gasteiger partial charge in [-0.05, 0) is 48.8 Å². The number of hydrogen-bond acceptors (Lipinski definition) is 4. The predicted octanol–water partition coefficient (Wildman–Crippen LogP) is 3.04. The van der Waals surface area contributed by atoms with Gasteiger partial charge in [0.05, 0.1) is 18.3 Å². The van der Waals surface area contributed by atoms with Crippen LogP contribution < -0.4 is 0 Å². The summed E-state index contributed by atoms with van der Waals surface area (Å²) in [6.45, 7) is 2.21. The lowest BCUT2D eigenvalue weighted by Gasteiger charge is -2.37. The van der Waals surface area contributed by atoms with Gasteiger partial charge in [0.15, 0.2) is 0 Å². The first-order chi connectivity index (χ1) is 13.0. The van der Waals surface area contributed by atoms with E-state index in [0.29, 0.717) is 6.54 Å². The third-order valence-electron chi connectivity index (χ3n) is 5.37. The minimum Gasteiger partial charge on any atom is -0.330 e. The van der Waals surface area contributed by atoms with Crippen LogP contribution in [-0.4, -0.2) is 48.4 Å². The Hall–Kier alpha value is -1.70. The molecule has 1 unspecified atom stereocenters. The highest BCUT2D eigenvalue weighted by Gasteiger charge is 2.40. The van der Waals surface area contributed by atoms with E-state index in [4.69, 9.17) is 0 Å². The number of carbonyl (C=O) groups excluding carboxylic acids is 1. The minimum atomic E-state index is -3.37. The van der Waals surface area contributed by atoms with E-state index in [9.17, 15) is 13.2 Å². The van der Waals surface area contributed by atoms with Crippen molar-refractivity contribution in [3.05, 3.63) is 57.8 Å². The van der Waals surface area contributed by atoms with Crippen molar-refractivity contribution in [2.45, 2.75) is 38.3 Å². The molecule has 0 radical (unpaired) electrons. The van der Waals surface area contributed by atoms with Gasteiger partial charge in [0.25, 0.3) is 0 Å². The van der Waals surface area contributed by atoms with Crippen molar-refractivity contribution in [1.29, 1.82) is 0 Å². The first-order valence-corrected chi connectivity index (χ1v) is 11.9. The lowest BCUT2D eigenvalue weighted by Crippen LogP contribution is -2.47. The third kappa shape index (κ3) is 3.68. The summed E-state index contributed by atoms with van der Waals surface area (Å²) in [6, 6.07) is 12.0. The van der Waals surface area contributed by atoms with Crippen molar-refractivity contribution in [2.75, 3.05) is 18.8 Å². The number of benzene rings is 1. The lowest BCUT2D eigenvalue weighted by atomic mass is 9.93. The fourth-order valence-corrected chi connectivity index (χ4v) is 5.99. The van der Waals surface area contributed by atoms with Gasteiger partial charge in [0, 0.05) is 17.5 Å². The number of rotatable bonds is 6. The van der Waals surface area contributed by atoms with E-state index < -0.39 is 10.0 Å². The molecule has 1 aliphatic heterocycles. The van der Waals surface area contributed by atoms with Crippen LogP contribution in [0.3, 0.4) is 0 Å². The maximum atomic E-state index is 13.2. The van der Waals surface area contributed by atoms with E-state index >= 15 is 0 Å². The van der Waals surface area contributed by atoms with Gasteiger partial charge in [-0.15, -0.1) is 11.3 Å². The van der Waals surface area contributed by atoms with E-state index in [-0.39, 0.29) is 30.3 Å². The van der Waals surface area contributed by atoms with E-state index in [1.807, 2.05) is 35.2 Å². The highest BCUT2D eigenvalue weighted by atomic mass is 32.2. The number of amides is 1. The molecule has 2 heterocycles. The summed E-state index contributed by atoms with van der Waals surface area (Å²) in [4.78, 5) is 16.4. The van der Waals surface area contributed by atoms with Crippen molar-refractivity contribution < 1.29 is 13.2 Å². The van der Waals surface area contributed by atoms with E-state index in [2.05, 4.69) is 11.4 Å². The molecule has 2 aliphatic rings. The van der Waals surface area contributed by atoms with E-state index in [1.165, 1.54) is 14.7 Å². The molecular weight excluding hydrogens is 380 g/mol. The number of carbonyl (C=O) groups is 1. The fraction of sp³-hybridized carbons (Fsp3) is 0.450. The van der Waals surface area contributed by atoms with Crippen LogP contribution in [0.15, 0.2) is 41.8 Å². The summed E-state index contributed by atoms with van der Waals surface area (Å²) in [5.74, 6) is -0.0715. The summed E-state index contributed by atoms with van der Waals surface area (Å²) in [7, 11) is -3.37. The summed E-state index contributed by atoms with van der Waals surface area (Å²) >= 11 is 1.73. The normalized spacial score (nSPS) is 19.9. The summed E-state index contributed by atoms with van der Waals surface area (Å²) in [6.07, 6.45) is 2.53. The van der Waals surface area contributed by atoms with Crippen LogP contribution in [0, 0.1) is 0 Å². The largest absolute Gasteiger partial charge is 0.330 e. The minimum absolute atomic E-state index is 0.00410. The van der Waals surface area contributed by atoms with Gasteiger partial charge < -0.3 is 4.90 Å². The standard InChI is InChI=1S/C20H24N2O3S2/c1-2-27(24,25)22(16-8-9-16)14-19(23)21-12-10-18-17(11-13-26-18)20(21)15-6-4-3-5-7-15/h3-7,11,13,16,20H,2,8-10,12,14H2,1H3. The topological polar surface area (TPSA) is 57.7 Å². The molecule has 144 valence electrons. The Morgan fingerprint density at radius 1 is 1.22 bits per heavy atom. The quantitative estimate of drug-likeness (QED) is 0.744. The van der Waals surface area contributed by atoms with Crippen molar-refractivity contribution in [3.63, 3.8) is 0 Å². The molecule has 1 atom stereocenters. The van der Waals surface area contributed by atoms with Crippen LogP contribution in [0.1, 0.15) is 41.8 Å². The van der Waals surface area contributed by atoms with Gasteiger partial charge in [-0.25, -0.2) is 8.42 Å². The van der Waals surface area contributed by atoms with Crippen molar-refractivity contribution >= 4 is 27.3 Å². The molecule has 7 heteroatoms. The molecule has 0 spiro atoms. The maximum Gasteiger partial charge on any atom is 0.238 e. The molecule has 0 saturated heterocycles. The molecule has 1 aromatic heterocycles. The van der Waals surface area contributed by atoms with Gasteiger partial charge in [0.2, 0.25) is 15.9 Å². The summed E-state index contributed by atoms with van der Waals surface area (Å²) < 4.78 is 26.4. The Labute approximate surface area is 164 Å². The highest BCUT2D eigenvalue weighted by Crippen LogP contribution is 2.38. The Bertz CT molecular complexity index is 920. The van der Waals surface area contributed by atoms with Crippen LogP contribution >= 0.6 is 11.3 Å². The van der Waals surface area contributed by atoms with Crippen LogP contribution in [0.4, 0.5) is 0 Å². The van der Waals surface area contributed by atoms with E-state index in [0.717, 1.165) is 24.8 Å². The van der Waals surface area contributed by atoms with E-state index in [1.54, 1.807) is 18.3 Å². The molecule has 1 fully saturated rings. The third-order valence-corrected chi connectivity index (χ3v) is 8.24. The SMILES string of the molecule is CCS(=O)(=O)N(CC(=O)N1CCc2sccc2C1c1ccccc1)C1CC1. The van der Waals surface area contributed by atoms with Crippen molar-refractivity contribution in [3.8, 4) is 0 Å². The molecule has 27 heavy (non-hydrogen) atoms. The maximum absolute atomic E-state index is 13.2. The highest BCUT2D eigenvalue weighted by molar-refractivity contribution is 7.89. The number of sulfonamides is 1. The van der Waals surface area contributed by atoms with Crippen LogP contribution in [-0.2, 0) is 21.2 Å².